The number of ether oxygens (including phenoxy) is 1. The standard InChI is InChI=1S/C25H23N5O3/c31-25(19-7-3-12-26-19)29-13-4-6-18(29)11-14-32-24-10-9-23-27-16-20(30(23)28-24)22-15-17-5-1-2-8-21(17)33-22/h1-3,5,7-10,12,15-16,18,26H,4,6,11,13-14H2/t18-/m0/s1. The number of fused-ring (bicyclic) bond motifs is 2. The van der Waals surface area contributed by atoms with Crippen LogP contribution < -0.4 is 4.74 Å². The van der Waals surface area contributed by atoms with Gasteiger partial charge in [0, 0.05) is 36.7 Å². The molecule has 1 aliphatic rings. The van der Waals surface area contributed by atoms with E-state index in [0.717, 1.165) is 48.1 Å². The van der Waals surface area contributed by atoms with E-state index in [1.165, 1.54) is 0 Å². The largest absolute Gasteiger partial charge is 0.477 e. The molecule has 1 atom stereocenters. The molecule has 0 radical (unpaired) electrons. The number of carbonyl (C=O) groups is 1. The number of likely N-dealkylation sites (tertiary alicyclic amines) is 1. The molecule has 166 valence electrons. The zero-order valence-corrected chi connectivity index (χ0v) is 18.0. The first-order chi connectivity index (χ1) is 16.3. The number of imidazole rings is 1. The topological polar surface area (TPSA) is 88.7 Å². The van der Waals surface area contributed by atoms with Crippen molar-refractivity contribution >= 4 is 22.5 Å². The molecule has 0 unspecified atom stereocenters. The normalized spacial score (nSPS) is 16.1. The minimum atomic E-state index is 0.0518. The SMILES string of the molecule is O=C(c1ccc[nH]1)N1CCC[C@H]1CCOc1ccc2ncc(-c3cc4ccccc4o3)n2n1. The summed E-state index contributed by atoms with van der Waals surface area (Å²) in [4.78, 5) is 22.1. The summed E-state index contributed by atoms with van der Waals surface area (Å²) in [7, 11) is 0. The summed E-state index contributed by atoms with van der Waals surface area (Å²) in [6.45, 7) is 1.26. The number of H-pyrrole nitrogens is 1. The summed E-state index contributed by atoms with van der Waals surface area (Å²) in [5, 5.41) is 5.66. The van der Waals surface area contributed by atoms with Crippen molar-refractivity contribution < 1.29 is 13.9 Å². The van der Waals surface area contributed by atoms with E-state index in [-0.39, 0.29) is 11.9 Å². The summed E-state index contributed by atoms with van der Waals surface area (Å²) in [5.41, 5.74) is 2.94. The lowest BCUT2D eigenvalue weighted by atomic mass is 10.1. The predicted octanol–water partition coefficient (Wildman–Crippen LogP) is 4.54. The summed E-state index contributed by atoms with van der Waals surface area (Å²) >= 11 is 0. The van der Waals surface area contributed by atoms with Gasteiger partial charge in [-0.05, 0) is 43.2 Å². The Kier molecular flexibility index (Phi) is 4.83. The minimum Gasteiger partial charge on any atom is -0.477 e. The molecule has 1 saturated heterocycles. The number of carbonyl (C=O) groups excluding carboxylic acids is 1. The number of aromatic amines is 1. The maximum atomic E-state index is 12.7. The third-order valence-electron chi connectivity index (χ3n) is 6.18. The first kappa shape index (κ1) is 19.6. The van der Waals surface area contributed by atoms with Gasteiger partial charge in [0.15, 0.2) is 11.4 Å². The van der Waals surface area contributed by atoms with Crippen LogP contribution in [-0.2, 0) is 0 Å². The zero-order valence-electron chi connectivity index (χ0n) is 18.0. The smallest absolute Gasteiger partial charge is 0.270 e. The Morgan fingerprint density at radius 3 is 3.00 bits per heavy atom. The van der Waals surface area contributed by atoms with E-state index < -0.39 is 0 Å². The maximum absolute atomic E-state index is 12.7. The Morgan fingerprint density at radius 1 is 1.18 bits per heavy atom. The van der Waals surface area contributed by atoms with Crippen LogP contribution in [0.15, 0.2) is 71.4 Å². The second-order valence-corrected chi connectivity index (χ2v) is 8.25. The van der Waals surface area contributed by atoms with Crippen LogP contribution in [-0.4, -0.2) is 49.6 Å². The average Bonchev–Trinajstić information content (AvgIpc) is 3.64. The molecule has 0 bridgehead atoms. The number of hydrogen-bond acceptors (Lipinski definition) is 5. The molecule has 1 fully saturated rings. The second kappa shape index (κ2) is 8.12. The Morgan fingerprint density at radius 2 is 2.12 bits per heavy atom. The van der Waals surface area contributed by atoms with Crippen molar-refractivity contribution in [2.45, 2.75) is 25.3 Å². The summed E-state index contributed by atoms with van der Waals surface area (Å²) in [6.07, 6.45) is 6.29. The van der Waals surface area contributed by atoms with Crippen LogP contribution >= 0.6 is 0 Å². The van der Waals surface area contributed by atoms with Crippen molar-refractivity contribution in [3.63, 3.8) is 0 Å². The maximum Gasteiger partial charge on any atom is 0.270 e. The van der Waals surface area contributed by atoms with E-state index in [0.29, 0.717) is 23.9 Å². The van der Waals surface area contributed by atoms with Crippen molar-refractivity contribution in [3.05, 3.63) is 72.7 Å². The lowest BCUT2D eigenvalue weighted by Gasteiger charge is -2.24. The molecule has 5 aromatic rings. The van der Waals surface area contributed by atoms with E-state index in [1.807, 2.05) is 59.5 Å². The summed E-state index contributed by atoms with van der Waals surface area (Å²) in [5.74, 6) is 1.27. The number of hydrogen-bond donors (Lipinski definition) is 1. The monoisotopic (exact) mass is 441 g/mol. The Bertz CT molecular complexity index is 1390. The van der Waals surface area contributed by atoms with Crippen LogP contribution in [0.2, 0.25) is 0 Å². The predicted molar refractivity (Wildman–Crippen MR) is 123 cm³/mol. The molecule has 1 aliphatic heterocycles. The van der Waals surface area contributed by atoms with Crippen LogP contribution in [0.25, 0.3) is 28.1 Å². The van der Waals surface area contributed by atoms with Crippen molar-refractivity contribution in [2.75, 3.05) is 13.2 Å². The van der Waals surface area contributed by atoms with Gasteiger partial charge >= 0.3 is 0 Å². The summed E-state index contributed by atoms with van der Waals surface area (Å²) < 4.78 is 13.7. The van der Waals surface area contributed by atoms with E-state index in [4.69, 9.17) is 9.15 Å². The highest BCUT2D eigenvalue weighted by Gasteiger charge is 2.29. The van der Waals surface area contributed by atoms with Gasteiger partial charge in [-0.15, -0.1) is 5.10 Å². The number of rotatable bonds is 6. The zero-order chi connectivity index (χ0) is 22.2. The third-order valence-corrected chi connectivity index (χ3v) is 6.18. The van der Waals surface area contributed by atoms with E-state index >= 15 is 0 Å². The van der Waals surface area contributed by atoms with E-state index in [1.54, 1.807) is 16.9 Å². The minimum absolute atomic E-state index is 0.0518. The van der Waals surface area contributed by atoms with Gasteiger partial charge in [-0.25, -0.2) is 9.50 Å². The number of aromatic nitrogens is 4. The number of nitrogens with zero attached hydrogens (tertiary/aromatic N) is 4. The molecule has 1 amide bonds. The first-order valence-corrected chi connectivity index (χ1v) is 11.2. The number of amides is 1. The van der Waals surface area contributed by atoms with Crippen molar-refractivity contribution in [2.24, 2.45) is 0 Å². The molecule has 1 N–H and O–H groups in total. The van der Waals surface area contributed by atoms with Crippen LogP contribution in [0.5, 0.6) is 5.88 Å². The van der Waals surface area contributed by atoms with Gasteiger partial charge in [0.1, 0.15) is 17.0 Å². The molecule has 8 nitrogen and oxygen atoms in total. The van der Waals surface area contributed by atoms with Crippen molar-refractivity contribution in [1.82, 2.24) is 24.5 Å². The molecule has 5 heterocycles. The molecule has 4 aromatic heterocycles. The van der Waals surface area contributed by atoms with Crippen LogP contribution in [0.1, 0.15) is 29.8 Å². The highest BCUT2D eigenvalue weighted by molar-refractivity contribution is 5.92. The average molecular weight is 441 g/mol. The second-order valence-electron chi connectivity index (χ2n) is 8.25. The van der Waals surface area contributed by atoms with Gasteiger partial charge in [-0.2, -0.15) is 0 Å². The lowest BCUT2D eigenvalue weighted by Crippen LogP contribution is -2.36. The van der Waals surface area contributed by atoms with Crippen LogP contribution in [0, 0.1) is 0 Å². The molecule has 0 saturated carbocycles. The van der Waals surface area contributed by atoms with Gasteiger partial charge in [-0.3, -0.25) is 4.79 Å². The molecule has 6 rings (SSSR count). The van der Waals surface area contributed by atoms with Crippen LogP contribution in [0.4, 0.5) is 0 Å². The quantitative estimate of drug-likeness (QED) is 0.418. The molecular weight excluding hydrogens is 418 g/mol. The molecule has 33 heavy (non-hydrogen) atoms. The fourth-order valence-corrected chi connectivity index (χ4v) is 4.53. The van der Waals surface area contributed by atoms with Crippen molar-refractivity contribution in [1.29, 1.82) is 0 Å². The number of para-hydroxylation sites is 1. The fraction of sp³-hybridized carbons (Fsp3) is 0.240. The molecule has 8 heteroatoms. The number of nitrogens with one attached hydrogen (secondary N) is 1. The third kappa shape index (κ3) is 3.63. The molecular formula is C25H23N5O3. The molecule has 0 spiro atoms. The first-order valence-electron chi connectivity index (χ1n) is 11.2. The summed E-state index contributed by atoms with van der Waals surface area (Å²) in [6, 6.07) is 17.4. The van der Waals surface area contributed by atoms with E-state index in [2.05, 4.69) is 15.1 Å². The Labute approximate surface area is 189 Å². The highest BCUT2D eigenvalue weighted by Crippen LogP contribution is 2.28. The fourth-order valence-electron chi connectivity index (χ4n) is 4.53. The molecule has 0 aliphatic carbocycles. The van der Waals surface area contributed by atoms with Crippen LogP contribution in [0.3, 0.4) is 0 Å². The lowest BCUT2D eigenvalue weighted by molar-refractivity contribution is 0.0713. The van der Waals surface area contributed by atoms with Gasteiger partial charge in [0.25, 0.3) is 5.91 Å². The van der Waals surface area contributed by atoms with Gasteiger partial charge < -0.3 is 19.0 Å². The highest BCUT2D eigenvalue weighted by atomic mass is 16.5. The van der Waals surface area contributed by atoms with Crippen molar-refractivity contribution in [3.8, 4) is 17.3 Å². The number of furan rings is 1. The van der Waals surface area contributed by atoms with Gasteiger partial charge in [-0.1, -0.05) is 18.2 Å². The Balaban J connectivity index is 1.16. The molecule has 1 aromatic carbocycles. The van der Waals surface area contributed by atoms with E-state index in [9.17, 15) is 4.79 Å². The Hall–Kier alpha value is -4.07. The van der Waals surface area contributed by atoms with Gasteiger partial charge in [0.2, 0.25) is 5.88 Å². The number of benzene rings is 1. The van der Waals surface area contributed by atoms with Gasteiger partial charge in [0.05, 0.1) is 12.8 Å².